The second kappa shape index (κ2) is 14.7. The number of nitrogens with zero attached hydrogens (tertiary/aromatic N) is 3. The summed E-state index contributed by atoms with van der Waals surface area (Å²) in [6.45, 7) is 8.25. The summed E-state index contributed by atoms with van der Waals surface area (Å²) in [5.74, 6) is -4.34. The van der Waals surface area contributed by atoms with E-state index in [9.17, 15) is 23.2 Å². The van der Waals surface area contributed by atoms with E-state index in [1.54, 1.807) is 18.2 Å². The minimum Gasteiger partial charge on any atom is -0.481 e. The van der Waals surface area contributed by atoms with E-state index in [4.69, 9.17) is 25.4 Å². The molecule has 1 aliphatic rings. The maximum Gasteiger partial charge on any atom is 0.336 e. The van der Waals surface area contributed by atoms with Gasteiger partial charge >= 0.3 is 17.9 Å². The van der Waals surface area contributed by atoms with Crippen LogP contribution in [0.2, 0.25) is 0 Å². The highest BCUT2D eigenvalue weighted by Crippen LogP contribution is 2.43. The van der Waals surface area contributed by atoms with Crippen molar-refractivity contribution in [2.45, 2.75) is 69.4 Å². The third kappa shape index (κ3) is 8.68. The zero-order valence-electron chi connectivity index (χ0n) is 26.7. The number of likely N-dealkylation sites (tertiary alicyclic amines) is 1. The minimum absolute atomic E-state index is 0.147. The number of carboxylic acids is 3. The molecule has 1 saturated heterocycles. The lowest BCUT2D eigenvalue weighted by atomic mass is 9.81. The summed E-state index contributed by atoms with van der Waals surface area (Å²) >= 11 is 1.22. The van der Waals surface area contributed by atoms with Crippen LogP contribution in [0.1, 0.15) is 61.5 Å². The largest absolute Gasteiger partial charge is 0.481 e. The molecule has 5 N–H and O–H groups in total. The molecule has 3 aromatic heterocycles. The molecule has 256 valence electrons. The summed E-state index contributed by atoms with van der Waals surface area (Å²) < 4.78 is 27.1. The van der Waals surface area contributed by atoms with Gasteiger partial charge in [0.05, 0.1) is 24.7 Å². The Bertz CT molecular complexity index is 1720. The number of imidazole rings is 1. The van der Waals surface area contributed by atoms with Gasteiger partial charge in [-0.3, -0.25) is 19.5 Å². The van der Waals surface area contributed by atoms with E-state index in [1.165, 1.54) is 29.0 Å². The van der Waals surface area contributed by atoms with Crippen LogP contribution in [0.15, 0.2) is 60.9 Å². The van der Waals surface area contributed by atoms with Crippen LogP contribution in [0.5, 0.6) is 0 Å². The number of hydrogen-bond donors (Lipinski definition) is 5. The number of aromatic amines is 1. The van der Waals surface area contributed by atoms with E-state index >= 15 is 0 Å². The van der Waals surface area contributed by atoms with Crippen LogP contribution < -0.4 is 0 Å². The first-order valence-electron chi connectivity index (χ1n) is 15.2. The Morgan fingerprint density at radius 3 is 2.17 bits per heavy atom. The molecule has 4 heterocycles. The highest BCUT2D eigenvalue weighted by atomic mass is 32.1. The van der Waals surface area contributed by atoms with Crippen molar-refractivity contribution in [2.75, 3.05) is 13.1 Å². The molecule has 1 aliphatic heterocycles. The molecule has 5 rings (SSSR count). The molecule has 0 radical (unpaired) electrons. The standard InChI is InChI=1S/C28H30F2N4S.C6H8O7/c1-19-4-7-21(16-31-19)27(2,3)34-15-14-28(18-34,13-12-23-10-11-25(30)35-23)26-32-17-24(33-26)20-5-8-22(29)9-6-20;7-3(8)1-6(13,5(11)12)2-4(9)10/h4-11,16-17H,12-15,18H2,1-3H3,(H,32,33);13H,1-2H2,(H,7,8)(H,9,10)(H,11,12)/t28-;/m1./s1. The molecule has 0 bridgehead atoms. The van der Waals surface area contributed by atoms with Gasteiger partial charge < -0.3 is 25.4 Å². The number of benzene rings is 1. The van der Waals surface area contributed by atoms with Crippen molar-refractivity contribution in [1.29, 1.82) is 0 Å². The lowest BCUT2D eigenvalue weighted by Crippen LogP contribution is -2.42. The Morgan fingerprint density at radius 1 is 0.958 bits per heavy atom. The number of carbonyl (C=O) groups is 3. The van der Waals surface area contributed by atoms with Crippen molar-refractivity contribution in [3.05, 3.63) is 93.8 Å². The molecule has 48 heavy (non-hydrogen) atoms. The van der Waals surface area contributed by atoms with Gasteiger partial charge in [-0.2, -0.15) is 4.39 Å². The fourth-order valence-electron chi connectivity index (χ4n) is 5.81. The summed E-state index contributed by atoms with van der Waals surface area (Å²) in [7, 11) is 0. The van der Waals surface area contributed by atoms with Crippen molar-refractivity contribution < 1.29 is 43.6 Å². The van der Waals surface area contributed by atoms with Gasteiger partial charge in [-0.15, -0.1) is 11.3 Å². The summed E-state index contributed by atoms with van der Waals surface area (Å²) in [6.07, 6.45) is 4.13. The third-order valence-corrected chi connectivity index (χ3v) is 9.69. The van der Waals surface area contributed by atoms with Gasteiger partial charge in [0.1, 0.15) is 11.6 Å². The third-order valence-electron chi connectivity index (χ3n) is 8.76. The Labute approximate surface area is 279 Å². The molecule has 0 aliphatic carbocycles. The fourth-order valence-corrected chi connectivity index (χ4v) is 6.53. The number of pyridine rings is 1. The van der Waals surface area contributed by atoms with E-state index in [-0.39, 0.29) is 21.9 Å². The molecule has 4 aromatic rings. The second-order valence-corrected chi connectivity index (χ2v) is 13.7. The van der Waals surface area contributed by atoms with E-state index in [2.05, 4.69) is 40.8 Å². The molecule has 14 heteroatoms. The zero-order valence-corrected chi connectivity index (χ0v) is 27.6. The Balaban J connectivity index is 0.000000341. The number of aryl methyl sites for hydroxylation is 2. The van der Waals surface area contributed by atoms with Crippen molar-refractivity contribution in [1.82, 2.24) is 19.9 Å². The normalized spacial score (nSPS) is 16.7. The Kier molecular flexibility index (Phi) is 11.1. The molecule has 0 saturated carbocycles. The summed E-state index contributed by atoms with van der Waals surface area (Å²) in [5.41, 5.74) is 0.844. The van der Waals surface area contributed by atoms with Crippen molar-refractivity contribution >= 4 is 29.2 Å². The molecule has 0 amide bonds. The van der Waals surface area contributed by atoms with Crippen LogP contribution >= 0.6 is 11.3 Å². The van der Waals surface area contributed by atoms with Crippen molar-refractivity contribution in [3.8, 4) is 11.3 Å². The molecular formula is C34H38F2N4O7S. The number of hydrogen-bond acceptors (Lipinski definition) is 8. The predicted octanol–water partition coefficient (Wildman–Crippen LogP) is 5.38. The lowest BCUT2D eigenvalue weighted by molar-refractivity contribution is -0.170. The van der Waals surface area contributed by atoms with Gasteiger partial charge in [-0.1, -0.05) is 6.07 Å². The monoisotopic (exact) mass is 684 g/mol. The van der Waals surface area contributed by atoms with Gasteiger partial charge in [0.2, 0.25) is 0 Å². The number of H-pyrrole nitrogens is 1. The van der Waals surface area contributed by atoms with Crippen LogP contribution in [0.25, 0.3) is 11.3 Å². The molecule has 1 atom stereocenters. The quantitative estimate of drug-likeness (QED) is 0.130. The van der Waals surface area contributed by atoms with Gasteiger partial charge in [0.25, 0.3) is 0 Å². The number of nitrogens with one attached hydrogen (secondary N) is 1. The van der Waals surface area contributed by atoms with Crippen molar-refractivity contribution in [3.63, 3.8) is 0 Å². The number of carboxylic acid groups (broad SMARTS) is 3. The topological polar surface area (TPSA) is 177 Å². The predicted molar refractivity (Wildman–Crippen MR) is 174 cm³/mol. The zero-order chi connectivity index (χ0) is 35.3. The number of aliphatic hydroxyl groups is 1. The lowest BCUT2D eigenvalue weighted by Gasteiger charge is -2.37. The van der Waals surface area contributed by atoms with Crippen LogP contribution in [-0.2, 0) is 31.8 Å². The van der Waals surface area contributed by atoms with E-state index in [1.807, 2.05) is 25.4 Å². The smallest absolute Gasteiger partial charge is 0.336 e. The molecule has 0 spiro atoms. The number of halogens is 2. The highest BCUT2D eigenvalue weighted by molar-refractivity contribution is 7.10. The number of thiophene rings is 1. The molecule has 1 aromatic carbocycles. The Morgan fingerprint density at radius 2 is 1.62 bits per heavy atom. The van der Waals surface area contributed by atoms with Gasteiger partial charge in [0, 0.05) is 40.8 Å². The molecule has 0 unspecified atom stereocenters. The minimum atomic E-state index is -2.74. The van der Waals surface area contributed by atoms with E-state index < -0.39 is 36.4 Å². The second-order valence-electron chi connectivity index (χ2n) is 12.5. The first kappa shape index (κ1) is 36.3. The van der Waals surface area contributed by atoms with Crippen LogP contribution in [0.3, 0.4) is 0 Å². The number of aromatic nitrogens is 3. The van der Waals surface area contributed by atoms with E-state index in [0.717, 1.165) is 60.0 Å². The van der Waals surface area contributed by atoms with Gasteiger partial charge in [-0.05, 0) is 93.6 Å². The average molecular weight is 685 g/mol. The van der Waals surface area contributed by atoms with Crippen molar-refractivity contribution in [2.24, 2.45) is 0 Å². The molecule has 11 nitrogen and oxygen atoms in total. The van der Waals surface area contributed by atoms with Crippen LogP contribution in [0, 0.1) is 17.9 Å². The fraction of sp³-hybridized carbons (Fsp3) is 0.382. The number of rotatable bonds is 12. The maximum atomic E-state index is 13.7. The summed E-state index contributed by atoms with van der Waals surface area (Å²) in [5, 5.41) is 33.7. The summed E-state index contributed by atoms with van der Waals surface area (Å²) in [4.78, 5) is 46.9. The van der Waals surface area contributed by atoms with Crippen LogP contribution in [0.4, 0.5) is 8.78 Å². The van der Waals surface area contributed by atoms with Crippen LogP contribution in [-0.4, -0.2) is 76.9 Å². The highest BCUT2D eigenvalue weighted by Gasteiger charge is 2.46. The maximum absolute atomic E-state index is 13.7. The molecule has 1 fully saturated rings. The first-order valence-corrected chi connectivity index (χ1v) is 16.0. The Hall–Kier alpha value is -4.53. The molecular weight excluding hydrogens is 646 g/mol. The summed E-state index contributed by atoms with van der Waals surface area (Å²) in [6, 6.07) is 14.1. The van der Waals surface area contributed by atoms with Gasteiger partial charge in [0.15, 0.2) is 10.7 Å². The SMILES string of the molecule is Cc1ccc(C(C)(C)N2CC[C@@](CCc3ccc(F)s3)(c3ncc(-c4ccc(F)cc4)[nH]3)C2)cn1.O=C(O)CC(O)(CC(=O)O)C(=O)O. The number of aliphatic carboxylic acids is 3. The van der Waals surface area contributed by atoms with Gasteiger partial charge in [-0.25, -0.2) is 14.2 Å². The first-order chi connectivity index (χ1) is 22.5. The average Bonchev–Trinajstić information content (AvgIpc) is 3.77. The van der Waals surface area contributed by atoms with E-state index in [0.29, 0.717) is 0 Å².